The first-order valence-electron chi connectivity index (χ1n) is 10.9. The minimum Gasteiger partial charge on any atom is -0.420 e. The Morgan fingerprint density at radius 1 is 1.14 bits per heavy atom. The van der Waals surface area contributed by atoms with E-state index in [1.165, 1.54) is 6.07 Å². The van der Waals surface area contributed by atoms with E-state index in [-0.39, 0.29) is 35.1 Å². The highest BCUT2D eigenvalue weighted by Gasteiger charge is 2.38. The molecule has 4 rings (SSSR count). The van der Waals surface area contributed by atoms with Gasteiger partial charge < -0.3 is 15.1 Å². The Morgan fingerprint density at radius 3 is 2.38 bits per heavy atom. The third-order valence-corrected chi connectivity index (χ3v) is 8.62. The van der Waals surface area contributed by atoms with Crippen LogP contribution >= 0.6 is 0 Å². The van der Waals surface area contributed by atoms with Gasteiger partial charge in [-0.25, -0.2) is 25.6 Å². The van der Waals surface area contributed by atoms with Gasteiger partial charge in [0.1, 0.15) is 16.5 Å². The van der Waals surface area contributed by atoms with Crippen LogP contribution in [-0.4, -0.2) is 51.0 Å². The molecule has 2 N–H and O–H groups in total. The lowest BCUT2D eigenvalue weighted by molar-refractivity contribution is -0.119. The molecule has 0 radical (unpaired) electrons. The fraction of sp³-hybridized carbons (Fsp3) is 0.348. The van der Waals surface area contributed by atoms with Crippen LogP contribution in [0, 0.1) is 11.6 Å². The van der Waals surface area contributed by atoms with Gasteiger partial charge in [0.05, 0.1) is 34.5 Å². The fourth-order valence-electron chi connectivity index (χ4n) is 3.81. The van der Waals surface area contributed by atoms with Crippen LogP contribution in [0.3, 0.4) is 0 Å². The van der Waals surface area contributed by atoms with E-state index in [1.807, 2.05) is 0 Å². The number of halogens is 2. The summed E-state index contributed by atoms with van der Waals surface area (Å²) in [4.78, 5) is 13.1. The molecule has 0 spiro atoms. The largest absolute Gasteiger partial charge is 0.420 e. The first-order chi connectivity index (χ1) is 17.0. The van der Waals surface area contributed by atoms with Crippen molar-refractivity contribution in [1.82, 2.24) is 10.2 Å². The van der Waals surface area contributed by atoms with Crippen LogP contribution in [0.2, 0.25) is 0 Å². The first kappa shape index (κ1) is 26.8. The van der Waals surface area contributed by atoms with Crippen molar-refractivity contribution in [2.24, 2.45) is 5.73 Å². The van der Waals surface area contributed by atoms with Crippen molar-refractivity contribution in [2.75, 3.05) is 16.9 Å². The van der Waals surface area contributed by atoms with E-state index in [0.29, 0.717) is 0 Å². The zero-order chi connectivity index (χ0) is 27.5. The third-order valence-electron chi connectivity index (χ3n) is 5.69. The first-order valence-corrected chi connectivity index (χ1v) is 14.5. The Labute approximate surface area is 212 Å². The van der Waals surface area contributed by atoms with Gasteiger partial charge in [-0.3, -0.25) is 4.79 Å². The summed E-state index contributed by atoms with van der Waals surface area (Å²) in [5.74, 6) is -3.62. The van der Waals surface area contributed by atoms with Crippen LogP contribution in [0.1, 0.15) is 32.2 Å². The molecular weight excluding hydrogens is 530 g/mol. The maximum absolute atomic E-state index is 15.2. The maximum atomic E-state index is 15.2. The molecule has 0 bridgehead atoms. The van der Waals surface area contributed by atoms with E-state index in [0.717, 1.165) is 35.4 Å². The molecule has 198 valence electrons. The zero-order valence-electron chi connectivity index (χ0n) is 20.3. The van der Waals surface area contributed by atoms with Crippen LogP contribution < -0.4 is 10.6 Å². The number of hydrogen-bond donors (Lipinski definition) is 1. The minimum absolute atomic E-state index is 0.148. The van der Waals surface area contributed by atoms with Gasteiger partial charge in [-0.1, -0.05) is 26.8 Å². The summed E-state index contributed by atoms with van der Waals surface area (Å²) in [5.41, 5.74) is 5.01. The molecule has 0 saturated heterocycles. The SMILES string of the molecule is CC(C)(C)c1nnc(-c2cc3c(cc2F)S(=O)(=O)C[C@H](N)C(=O)N3Cc2ccc(S(C)(=O)=O)c(F)c2)o1. The Bertz CT molecular complexity index is 1630. The van der Waals surface area contributed by atoms with Crippen molar-refractivity contribution in [1.29, 1.82) is 0 Å². The zero-order valence-corrected chi connectivity index (χ0v) is 22.0. The van der Waals surface area contributed by atoms with E-state index >= 15 is 4.39 Å². The molecule has 1 aliphatic rings. The number of rotatable bonds is 4. The average Bonchev–Trinajstić information content (AvgIpc) is 3.24. The summed E-state index contributed by atoms with van der Waals surface area (Å²) in [7, 11) is -8.05. The normalized spacial score (nSPS) is 18.0. The fourth-order valence-corrected chi connectivity index (χ4v) is 6.10. The second kappa shape index (κ2) is 8.96. The summed E-state index contributed by atoms with van der Waals surface area (Å²) in [5, 5.41) is 7.79. The van der Waals surface area contributed by atoms with Crippen molar-refractivity contribution < 1.29 is 34.8 Å². The summed E-state index contributed by atoms with van der Waals surface area (Å²) in [6.45, 7) is 5.04. The monoisotopic (exact) mass is 554 g/mol. The predicted molar refractivity (Wildman–Crippen MR) is 129 cm³/mol. The van der Waals surface area contributed by atoms with Gasteiger partial charge in [0.2, 0.25) is 11.8 Å². The molecule has 0 saturated carbocycles. The number of hydrogen-bond acceptors (Lipinski definition) is 9. The molecule has 1 amide bonds. The Hall–Kier alpha value is -3.23. The smallest absolute Gasteiger partial charge is 0.250 e. The third kappa shape index (κ3) is 5.13. The molecule has 0 aliphatic carbocycles. The van der Waals surface area contributed by atoms with E-state index in [1.54, 1.807) is 20.8 Å². The van der Waals surface area contributed by atoms with Crippen molar-refractivity contribution in [3.8, 4) is 11.5 Å². The summed E-state index contributed by atoms with van der Waals surface area (Å²) in [6.07, 6.45) is 0.849. The van der Waals surface area contributed by atoms with E-state index in [9.17, 15) is 26.0 Å². The van der Waals surface area contributed by atoms with Crippen LogP contribution in [0.15, 0.2) is 44.5 Å². The van der Waals surface area contributed by atoms with E-state index < -0.39 is 64.2 Å². The van der Waals surface area contributed by atoms with Crippen molar-refractivity contribution >= 4 is 31.3 Å². The molecule has 3 aromatic rings. The quantitative estimate of drug-likeness (QED) is 0.512. The number of carbonyl (C=O) groups is 1. The number of benzene rings is 2. The lowest BCUT2D eigenvalue weighted by atomic mass is 9.97. The highest BCUT2D eigenvalue weighted by Crippen LogP contribution is 2.37. The topological polar surface area (TPSA) is 154 Å². The van der Waals surface area contributed by atoms with Crippen molar-refractivity contribution in [3.05, 3.63) is 53.4 Å². The average molecular weight is 555 g/mol. The van der Waals surface area contributed by atoms with Gasteiger partial charge in [-0.15, -0.1) is 10.2 Å². The molecule has 1 aromatic heterocycles. The Balaban J connectivity index is 1.88. The lowest BCUT2D eigenvalue weighted by Crippen LogP contribution is -2.45. The molecule has 14 heteroatoms. The lowest BCUT2D eigenvalue weighted by Gasteiger charge is -2.25. The minimum atomic E-state index is -4.21. The van der Waals surface area contributed by atoms with Gasteiger partial charge >= 0.3 is 0 Å². The highest BCUT2D eigenvalue weighted by atomic mass is 32.2. The standard InChI is InChI=1S/C23H24F2N4O6S2/c1-23(2,3)22-28-27-20(35-22)13-8-17-19(9-14(13)24)37(33,34)11-16(26)21(30)29(17)10-12-5-6-18(15(25)7-12)36(4,31)32/h5-9,16H,10-11,26H2,1-4H3/t16-/m0/s1. The molecule has 2 heterocycles. The molecule has 1 aliphatic heterocycles. The Kier molecular flexibility index (Phi) is 6.49. The number of nitrogens with two attached hydrogens (primary N) is 1. The van der Waals surface area contributed by atoms with E-state index in [2.05, 4.69) is 10.2 Å². The number of amides is 1. The molecule has 0 unspecified atom stereocenters. The molecule has 10 nitrogen and oxygen atoms in total. The number of anilines is 1. The summed E-state index contributed by atoms with van der Waals surface area (Å²) < 4.78 is 84.8. The molecule has 2 aromatic carbocycles. The van der Waals surface area contributed by atoms with Crippen LogP contribution in [0.5, 0.6) is 0 Å². The summed E-state index contributed by atoms with van der Waals surface area (Å²) >= 11 is 0. The van der Waals surface area contributed by atoms with Crippen molar-refractivity contribution in [2.45, 2.75) is 48.6 Å². The molecule has 1 atom stereocenters. The molecular formula is C23H24F2N4O6S2. The molecule has 37 heavy (non-hydrogen) atoms. The summed E-state index contributed by atoms with van der Waals surface area (Å²) in [6, 6.07) is 3.62. The Morgan fingerprint density at radius 2 is 1.81 bits per heavy atom. The van der Waals surface area contributed by atoms with Crippen LogP contribution in [0.4, 0.5) is 14.5 Å². The predicted octanol–water partition coefficient (Wildman–Crippen LogP) is 2.36. The van der Waals surface area contributed by atoms with Gasteiger partial charge in [-0.2, -0.15) is 0 Å². The number of sulfone groups is 2. The second-order valence-corrected chi connectivity index (χ2v) is 13.8. The van der Waals surface area contributed by atoms with Crippen LogP contribution in [0.25, 0.3) is 11.5 Å². The van der Waals surface area contributed by atoms with Crippen molar-refractivity contribution in [3.63, 3.8) is 0 Å². The highest BCUT2D eigenvalue weighted by molar-refractivity contribution is 7.91. The van der Waals surface area contributed by atoms with E-state index in [4.69, 9.17) is 10.2 Å². The van der Waals surface area contributed by atoms with Crippen LogP contribution in [-0.2, 0) is 36.4 Å². The molecule has 0 fully saturated rings. The van der Waals surface area contributed by atoms with Gasteiger partial charge in [-0.05, 0) is 29.8 Å². The number of nitrogens with zero attached hydrogens (tertiary/aromatic N) is 3. The second-order valence-electron chi connectivity index (χ2n) is 9.81. The number of aromatic nitrogens is 2. The number of fused-ring (bicyclic) bond motifs is 1. The van der Waals surface area contributed by atoms with Gasteiger partial charge in [0.25, 0.3) is 5.89 Å². The number of carbonyl (C=O) groups excluding carboxylic acids is 1. The maximum Gasteiger partial charge on any atom is 0.250 e. The van der Waals surface area contributed by atoms with Gasteiger partial charge in [0, 0.05) is 11.7 Å². The van der Waals surface area contributed by atoms with Gasteiger partial charge in [0.15, 0.2) is 19.7 Å².